The molecule has 7 nitrogen and oxygen atoms in total. The van der Waals surface area contributed by atoms with Crippen molar-refractivity contribution in [1.29, 1.82) is 0 Å². The highest BCUT2D eigenvalue weighted by Gasteiger charge is 2.16. The summed E-state index contributed by atoms with van der Waals surface area (Å²) in [6.45, 7) is 3.04. The Labute approximate surface area is 139 Å². The van der Waals surface area contributed by atoms with Gasteiger partial charge in [-0.2, -0.15) is 0 Å². The number of benzene rings is 1. The molecule has 2 aliphatic rings. The minimum Gasteiger partial charge on any atom is -0.486 e. The van der Waals surface area contributed by atoms with Crippen molar-refractivity contribution < 1.29 is 14.3 Å². The summed E-state index contributed by atoms with van der Waals surface area (Å²) in [5, 5.41) is 2.81. The Morgan fingerprint density at radius 1 is 1.04 bits per heavy atom. The molecule has 7 heteroatoms. The highest BCUT2D eigenvalue weighted by molar-refractivity contribution is 6.02. The number of nitrogens with zero attached hydrogens (tertiary/aromatic N) is 3. The van der Waals surface area contributed by atoms with E-state index in [1.807, 2.05) is 0 Å². The van der Waals surface area contributed by atoms with Crippen molar-refractivity contribution in [3.8, 4) is 11.5 Å². The molecule has 2 aromatic rings. The second-order valence-electron chi connectivity index (χ2n) is 5.77. The Morgan fingerprint density at radius 2 is 1.83 bits per heavy atom. The molecule has 2 aliphatic heterocycles. The van der Waals surface area contributed by atoms with Crippen molar-refractivity contribution in [1.82, 2.24) is 9.97 Å². The Balaban J connectivity index is 1.45. The fourth-order valence-corrected chi connectivity index (χ4v) is 2.86. The van der Waals surface area contributed by atoms with Gasteiger partial charge in [0.25, 0.3) is 5.91 Å². The maximum absolute atomic E-state index is 12.3. The predicted octanol–water partition coefficient (Wildman–Crippen LogP) is 2.10. The molecule has 124 valence electrons. The van der Waals surface area contributed by atoms with Crippen LogP contribution in [0.25, 0.3) is 0 Å². The van der Waals surface area contributed by atoms with Crippen LogP contribution in [-0.2, 0) is 0 Å². The molecule has 24 heavy (non-hydrogen) atoms. The second-order valence-corrected chi connectivity index (χ2v) is 5.77. The van der Waals surface area contributed by atoms with E-state index in [9.17, 15) is 4.79 Å². The highest BCUT2D eigenvalue weighted by Crippen LogP contribution is 2.32. The summed E-state index contributed by atoms with van der Waals surface area (Å²) in [5.74, 6) is 1.85. The Kier molecular flexibility index (Phi) is 3.90. The van der Waals surface area contributed by atoms with Gasteiger partial charge in [-0.15, -0.1) is 0 Å². The molecule has 0 radical (unpaired) electrons. The SMILES string of the molecule is O=C(Nc1ccc2c(c1)OCCO2)c1cnc(N2CCCC2)cn1. The second kappa shape index (κ2) is 6.35. The van der Waals surface area contributed by atoms with Gasteiger partial charge < -0.3 is 19.7 Å². The van der Waals surface area contributed by atoms with Crippen LogP contribution in [0.2, 0.25) is 0 Å². The van der Waals surface area contributed by atoms with Gasteiger partial charge in [0.15, 0.2) is 11.5 Å². The number of hydrogen-bond acceptors (Lipinski definition) is 6. The monoisotopic (exact) mass is 326 g/mol. The smallest absolute Gasteiger partial charge is 0.275 e. The standard InChI is InChI=1S/C17H18N4O3/c22-17(13-10-19-16(11-18-13)21-5-1-2-6-21)20-12-3-4-14-15(9-12)24-8-7-23-14/h3-4,9-11H,1-2,5-8H2,(H,20,22). The third-order valence-corrected chi connectivity index (χ3v) is 4.10. The van der Waals surface area contributed by atoms with Crippen LogP contribution in [0.3, 0.4) is 0 Å². The molecule has 0 aliphatic carbocycles. The topological polar surface area (TPSA) is 76.6 Å². The maximum atomic E-state index is 12.3. The van der Waals surface area contributed by atoms with Gasteiger partial charge in [0.1, 0.15) is 24.7 Å². The van der Waals surface area contributed by atoms with E-state index in [1.165, 1.54) is 19.0 Å². The van der Waals surface area contributed by atoms with Crippen LogP contribution in [0.1, 0.15) is 23.3 Å². The summed E-state index contributed by atoms with van der Waals surface area (Å²) in [7, 11) is 0. The van der Waals surface area contributed by atoms with Crippen molar-refractivity contribution in [3.05, 3.63) is 36.3 Å². The number of carbonyl (C=O) groups is 1. The highest BCUT2D eigenvalue weighted by atomic mass is 16.6. The number of aromatic nitrogens is 2. The number of rotatable bonds is 3. The lowest BCUT2D eigenvalue weighted by Crippen LogP contribution is -2.20. The van der Waals surface area contributed by atoms with Crippen molar-refractivity contribution in [2.75, 3.05) is 36.5 Å². The van der Waals surface area contributed by atoms with Crippen LogP contribution < -0.4 is 19.7 Å². The van der Waals surface area contributed by atoms with Crippen LogP contribution >= 0.6 is 0 Å². The number of fused-ring (bicyclic) bond motifs is 1. The van der Waals surface area contributed by atoms with E-state index >= 15 is 0 Å². The third-order valence-electron chi connectivity index (χ3n) is 4.10. The van der Waals surface area contributed by atoms with E-state index in [2.05, 4.69) is 20.2 Å². The quantitative estimate of drug-likeness (QED) is 0.931. The van der Waals surface area contributed by atoms with Gasteiger partial charge in [-0.05, 0) is 25.0 Å². The van der Waals surface area contributed by atoms with E-state index < -0.39 is 0 Å². The van der Waals surface area contributed by atoms with Crippen molar-refractivity contribution in [3.63, 3.8) is 0 Å². The van der Waals surface area contributed by atoms with Gasteiger partial charge in [0.05, 0.1) is 12.4 Å². The summed E-state index contributed by atoms with van der Waals surface area (Å²) in [4.78, 5) is 23.1. The lowest BCUT2D eigenvalue weighted by atomic mass is 10.2. The molecule has 1 fully saturated rings. The maximum Gasteiger partial charge on any atom is 0.275 e. The van der Waals surface area contributed by atoms with Crippen LogP contribution in [0.5, 0.6) is 11.5 Å². The van der Waals surface area contributed by atoms with E-state index in [1.54, 1.807) is 24.4 Å². The summed E-state index contributed by atoms with van der Waals surface area (Å²) in [6.07, 6.45) is 5.52. The molecule has 0 atom stereocenters. The average molecular weight is 326 g/mol. The average Bonchev–Trinajstić information content (AvgIpc) is 3.16. The molecule has 1 N–H and O–H groups in total. The van der Waals surface area contributed by atoms with Gasteiger partial charge in [-0.3, -0.25) is 4.79 Å². The molecule has 0 unspecified atom stereocenters. The fraction of sp³-hybridized carbons (Fsp3) is 0.353. The van der Waals surface area contributed by atoms with E-state index in [-0.39, 0.29) is 11.6 Å². The van der Waals surface area contributed by atoms with Gasteiger partial charge in [-0.25, -0.2) is 9.97 Å². The minimum absolute atomic E-state index is 0.285. The van der Waals surface area contributed by atoms with Gasteiger partial charge in [-0.1, -0.05) is 0 Å². The molecule has 1 saturated heterocycles. The largest absolute Gasteiger partial charge is 0.486 e. The molecule has 0 bridgehead atoms. The predicted molar refractivity (Wildman–Crippen MR) is 88.9 cm³/mol. The zero-order valence-electron chi connectivity index (χ0n) is 13.2. The van der Waals surface area contributed by atoms with E-state index in [4.69, 9.17) is 9.47 Å². The first-order valence-corrected chi connectivity index (χ1v) is 8.07. The van der Waals surface area contributed by atoms with Crippen LogP contribution in [-0.4, -0.2) is 42.2 Å². The van der Waals surface area contributed by atoms with Crippen LogP contribution in [0.4, 0.5) is 11.5 Å². The molecule has 1 amide bonds. The number of ether oxygens (including phenoxy) is 2. The number of carbonyl (C=O) groups excluding carboxylic acids is 1. The molecular weight excluding hydrogens is 308 g/mol. The summed E-state index contributed by atoms with van der Waals surface area (Å²) in [5.41, 5.74) is 0.919. The number of nitrogens with one attached hydrogen (secondary N) is 1. The van der Waals surface area contributed by atoms with E-state index in [0.29, 0.717) is 30.4 Å². The minimum atomic E-state index is -0.299. The summed E-state index contributed by atoms with van der Waals surface area (Å²) >= 11 is 0. The molecule has 0 saturated carbocycles. The Morgan fingerprint density at radius 3 is 2.58 bits per heavy atom. The molecule has 3 heterocycles. The van der Waals surface area contributed by atoms with E-state index in [0.717, 1.165) is 18.9 Å². The molecule has 1 aromatic heterocycles. The molecule has 4 rings (SSSR count). The molecular formula is C17H18N4O3. The van der Waals surface area contributed by atoms with Gasteiger partial charge in [0, 0.05) is 24.8 Å². The Hall–Kier alpha value is -2.83. The third kappa shape index (κ3) is 2.97. The molecule has 1 aromatic carbocycles. The molecule has 0 spiro atoms. The lowest BCUT2D eigenvalue weighted by molar-refractivity contribution is 0.102. The lowest BCUT2D eigenvalue weighted by Gasteiger charge is -2.19. The van der Waals surface area contributed by atoms with Crippen molar-refractivity contribution in [2.45, 2.75) is 12.8 Å². The van der Waals surface area contributed by atoms with Gasteiger partial charge >= 0.3 is 0 Å². The Bertz CT molecular complexity index is 742. The zero-order chi connectivity index (χ0) is 16.4. The first-order chi connectivity index (χ1) is 11.8. The van der Waals surface area contributed by atoms with Crippen LogP contribution in [0.15, 0.2) is 30.6 Å². The number of hydrogen-bond donors (Lipinski definition) is 1. The normalized spacial score (nSPS) is 16.1. The number of anilines is 2. The van der Waals surface area contributed by atoms with Gasteiger partial charge in [0.2, 0.25) is 0 Å². The summed E-state index contributed by atoms with van der Waals surface area (Å²) < 4.78 is 11.0. The fourth-order valence-electron chi connectivity index (χ4n) is 2.86. The summed E-state index contributed by atoms with van der Waals surface area (Å²) in [6, 6.07) is 5.31. The number of amides is 1. The zero-order valence-corrected chi connectivity index (χ0v) is 13.2. The first kappa shape index (κ1) is 14.7. The first-order valence-electron chi connectivity index (χ1n) is 8.07. The van der Waals surface area contributed by atoms with Crippen molar-refractivity contribution >= 4 is 17.4 Å². The van der Waals surface area contributed by atoms with Crippen molar-refractivity contribution in [2.24, 2.45) is 0 Å². The van der Waals surface area contributed by atoms with Crippen LogP contribution in [0, 0.1) is 0 Å².